The van der Waals surface area contributed by atoms with E-state index in [-0.39, 0.29) is 17.2 Å². The van der Waals surface area contributed by atoms with Crippen molar-refractivity contribution in [3.63, 3.8) is 0 Å². The highest BCUT2D eigenvalue weighted by Gasteiger charge is 2.26. The number of ketones is 1. The molecule has 1 atom stereocenters. The fourth-order valence-corrected chi connectivity index (χ4v) is 3.41. The molecule has 1 aromatic heterocycles. The predicted octanol–water partition coefficient (Wildman–Crippen LogP) is 5.61. The first-order chi connectivity index (χ1) is 16.0. The van der Waals surface area contributed by atoms with Gasteiger partial charge in [0.1, 0.15) is 22.9 Å². The monoisotopic (exact) mass is 447 g/mol. The van der Waals surface area contributed by atoms with Crippen LogP contribution in [0.3, 0.4) is 0 Å². The lowest BCUT2D eigenvalue weighted by atomic mass is 10.1. The van der Waals surface area contributed by atoms with Crippen LogP contribution in [0.15, 0.2) is 77.2 Å². The van der Waals surface area contributed by atoms with E-state index >= 15 is 0 Å². The Morgan fingerprint density at radius 2 is 1.64 bits per heavy atom. The van der Waals surface area contributed by atoms with Crippen molar-refractivity contribution in [2.24, 2.45) is 0 Å². The molecule has 0 aliphatic heterocycles. The standard InChI is InChI=1S/C26H22FNO5/c1-3-21(32-19-14-10-17(27)11-15-19)26(30)28-23-20-6-4-5-7-22(20)33-25(23)24(29)16-8-12-18(31-2)13-9-16/h4-15,21H,3H2,1-2H3,(H,28,30). The Kier molecular flexibility index (Phi) is 6.40. The Hall–Kier alpha value is -4.13. The van der Waals surface area contributed by atoms with Crippen molar-refractivity contribution in [1.82, 2.24) is 0 Å². The average molecular weight is 447 g/mol. The minimum Gasteiger partial charge on any atom is -0.497 e. The molecule has 33 heavy (non-hydrogen) atoms. The largest absolute Gasteiger partial charge is 0.497 e. The quantitative estimate of drug-likeness (QED) is 0.355. The van der Waals surface area contributed by atoms with Gasteiger partial charge in [0.05, 0.1) is 12.8 Å². The van der Waals surface area contributed by atoms with Crippen LogP contribution < -0.4 is 14.8 Å². The zero-order valence-corrected chi connectivity index (χ0v) is 18.1. The van der Waals surface area contributed by atoms with E-state index in [1.54, 1.807) is 62.6 Å². The second-order valence-corrected chi connectivity index (χ2v) is 7.32. The number of fused-ring (bicyclic) bond motifs is 1. The van der Waals surface area contributed by atoms with Gasteiger partial charge in [-0.25, -0.2) is 4.39 Å². The van der Waals surface area contributed by atoms with Crippen LogP contribution in [0, 0.1) is 5.82 Å². The minimum atomic E-state index is -0.854. The summed E-state index contributed by atoms with van der Waals surface area (Å²) in [5, 5.41) is 3.41. The smallest absolute Gasteiger partial charge is 0.265 e. The predicted molar refractivity (Wildman–Crippen MR) is 122 cm³/mol. The third kappa shape index (κ3) is 4.72. The third-order valence-corrected chi connectivity index (χ3v) is 5.16. The van der Waals surface area contributed by atoms with Crippen LogP contribution in [0.1, 0.15) is 29.5 Å². The van der Waals surface area contributed by atoms with E-state index in [2.05, 4.69) is 5.32 Å². The molecule has 3 aromatic carbocycles. The van der Waals surface area contributed by atoms with Gasteiger partial charge in [0.25, 0.3) is 5.91 Å². The van der Waals surface area contributed by atoms with Crippen LogP contribution >= 0.6 is 0 Å². The van der Waals surface area contributed by atoms with E-state index in [1.807, 2.05) is 0 Å². The molecule has 0 fully saturated rings. The van der Waals surface area contributed by atoms with E-state index in [0.29, 0.717) is 34.5 Å². The molecule has 0 spiro atoms. The zero-order chi connectivity index (χ0) is 23.4. The van der Waals surface area contributed by atoms with Crippen molar-refractivity contribution < 1.29 is 27.9 Å². The Bertz CT molecular complexity index is 1280. The fourth-order valence-electron chi connectivity index (χ4n) is 3.41. The van der Waals surface area contributed by atoms with Crippen LogP contribution in [0.25, 0.3) is 11.0 Å². The summed E-state index contributed by atoms with van der Waals surface area (Å²) >= 11 is 0. The molecule has 168 valence electrons. The number of anilines is 1. The molecule has 1 unspecified atom stereocenters. The maximum absolute atomic E-state index is 13.2. The Balaban J connectivity index is 1.65. The first-order valence-corrected chi connectivity index (χ1v) is 10.4. The second-order valence-electron chi connectivity index (χ2n) is 7.32. The van der Waals surface area contributed by atoms with Crippen LogP contribution in [0.4, 0.5) is 10.1 Å². The molecule has 0 bridgehead atoms. The summed E-state index contributed by atoms with van der Waals surface area (Å²) in [6, 6.07) is 19.1. The maximum Gasteiger partial charge on any atom is 0.265 e. The summed E-state index contributed by atoms with van der Waals surface area (Å²) in [5.74, 6) is -0.218. The van der Waals surface area contributed by atoms with E-state index in [9.17, 15) is 14.0 Å². The molecule has 4 rings (SSSR count). The summed E-state index contributed by atoms with van der Waals surface area (Å²) in [6.07, 6.45) is -0.492. The molecule has 0 saturated carbocycles. The topological polar surface area (TPSA) is 77.8 Å². The lowest BCUT2D eigenvalue weighted by Crippen LogP contribution is -2.32. The molecule has 0 saturated heterocycles. The van der Waals surface area contributed by atoms with Crippen molar-refractivity contribution in [1.29, 1.82) is 0 Å². The van der Waals surface area contributed by atoms with E-state index in [1.165, 1.54) is 24.3 Å². The van der Waals surface area contributed by atoms with Gasteiger partial charge in [-0.2, -0.15) is 0 Å². The van der Waals surface area contributed by atoms with Crippen molar-refractivity contribution in [3.05, 3.63) is 89.9 Å². The van der Waals surface area contributed by atoms with Gasteiger partial charge < -0.3 is 19.2 Å². The minimum absolute atomic E-state index is 0.0198. The van der Waals surface area contributed by atoms with Crippen molar-refractivity contribution in [2.75, 3.05) is 12.4 Å². The van der Waals surface area contributed by atoms with E-state index < -0.39 is 17.8 Å². The number of para-hydroxylation sites is 1. The first kappa shape index (κ1) is 22.1. The highest BCUT2D eigenvalue weighted by molar-refractivity contribution is 6.17. The molecule has 6 nitrogen and oxygen atoms in total. The summed E-state index contributed by atoms with van der Waals surface area (Å²) < 4.78 is 29.9. The molecule has 0 radical (unpaired) electrons. The molecule has 1 heterocycles. The normalized spacial score (nSPS) is 11.7. The van der Waals surface area contributed by atoms with Gasteiger partial charge in [0.2, 0.25) is 5.78 Å². The molecule has 0 aliphatic rings. The summed E-state index contributed by atoms with van der Waals surface area (Å²) in [6.45, 7) is 1.80. The van der Waals surface area contributed by atoms with E-state index in [0.717, 1.165) is 0 Å². The van der Waals surface area contributed by atoms with Crippen LogP contribution in [0.5, 0.6) is 11.5 Å². The number of ether oxygens (including phenoxy) is 2. The van der Waals surface area contributed by atoms with Gasteiger partial charge in [0, 0.05) is 10.9 Å². The molecular weight excluding hydrogens is 425 g/mol. The number of carbonyl (C=O) groups excluding carboxylic acids is 2. The summed E-state index contributed by atoms with van der Waals surface area (Å²) in [7, 11) is 1.54. The molecule has 4 aromatic rings. The lowest BCUT2D eigenvalue weighted by molar-refractivity contribution is -0.122. The number of halogens is 1. The molecule has 1 N–H and O–H groups in total. The van der Waals surface area contributed by atoms with Gasteiger partial charge in [-0.15, -0.1) is 0 Å². The maximum atomic E-state index is 13.2. The number of benzene rings is 3. The number of nitrogens with one attached hydrogen (secondary N) is 1. The van der Waals surface area contributed by atoms with Crippen molar-refractivity contribution in [3.8, 4) is 11.5 Å². The number of hydrogen-bond acceptors (Lipinski definition) is 5. The Morgan fingerprint density at radius 1 is 0.970 bits per heavy atom. The summed E-state index contributed by atoms with van der Waals surface area (Å²) in [4.78, 5) is 26.3. The third-order valence-electron chi connectivity index (χ3n) is 5.16. The average Bonchev–Trinajstić information content (AvgIpc) is 3.21. The second kappa shape index (κ2) is 9.56. The number of rotatable bonds is 8. The number of furan rings is 1. The molecule has 7 heteroatoms. The zero-order valence-electron chi connectivity index (χ0n) is 18.1. The number of hydrogen-bond donors (Lipinski definition) is 1. The summed E-state index contributed by atoms with van der Waals surface area (Å²) in [5.41, 5.74) is 1.13. The lowest BCUT2D eigenvalue weighted by Gasteiger charge is -2.17. The van der Waals surface area contributed by atoms with Gasteiger partial charge >= 0.3 is 0 Å². The fraction of sp³-hybridized carbons (Fsp3) is 0.154. The molecular formula is C26H22FNO5. The van der Waals surface area contributed by atoms with Gasteiger partial charge in [-0.3, -0.25) is 9.59 Å². The highest BCUT2D eigenvalue weighted by atomic mass is 19.1. The van der Waals surface area contributed by atoms with Crippen LogP contribution in [-0.2, 0) is 4.79 Å². The van der Waals surface area contributed by atoms with Gasteiger partial charge in [-0.1, -0.05) is 19.1 Å². The van der Waals surface area contributed by atoms with Crippen molar-refractivity contribution >= 4 is 28.3 Å². The number of methoxy groups -OCH3 is 1. The van der Waals surface area contributed by atoms with Crippen LogP contribution in [0.2, 0.25) is 0 Å². The highest BCUT2D eigenvalue weighted by Crippen LogP contribution is 2.33. The van der Waals surface area contributed by atoms with Crippen molar-refractivity contribution in [2.45, 2.75) is 19.4 Å². The first-order valence-electron chi connectivity index (χ1n) is 10.4. The Morgan fingerprint density at radius 3 is 2.30 bits per heavy atom. The number of carbonyl (C=O) groups is 2. The van der Waals surface area contributed by atoms with E-state index in [4.69, 9.17) is 13.9 Å². The molecule has 1 amide bonds. The SMILES string of the molecule is CCC(Oc1ccc(F)cc1)C(=O)Nc1c(C(=O)c2ccc(OC)cc2)oc2ccccc12. The number of amides is 1. The molecule has 0 aliphatic carbocycles. The van der Waals surface area contributed by atoms with Gasteiger partial charge in [-0.05, 0) is 67.1 Å². The Labute approximate surface area is 189 Å². The van der Waals surface area contributed by atoms with Gasteiger partial charge in [0.15, 0.2) is 11.9 Å². The van der Waals surface area contributed by atoms with Crippen LogP contribution in [-0.4, -0.2) is 24.9 Å².